The number of hydrogen-bond acceptors (Lipinski definition) is 4. The maximum absolute atomic E-state index is 4.32. The molecule has 1 aromatic heterocycles. The SMILES string of the molecule is Cc1cc(NC2CCN(c3ncccn3)CC2)ccc1Br. The van der Waals surface area contributed by atoms with E-state index in [2.05, 4.69) is 61.2 Å². The van der Waals surface area contributed by atoms with Gasteiger partial charge in [-0.15, -0.1) is 0 Å². The Morgan fingerprint density at radius 1 is 1.19 bits per heavy atom. The minimum Gasteiger partial charge on any atom is -0.382 e. The van der Waals surface area contributed by atoms with Crippen LogP contribution in [0.3, 0.4) is 0 Å². The Balaban J connectivity index is 1.57. The van der Waals surface area contributed by atoms with Crippen molar-refractivity contribution in [1.82, 2.24) is 9.97 Å². The van der Waals surface area contributed by atoms with Crippen LogP contribution in [0.1, 0.15) is 18.4 Å². The Labute approximate surface area is 133 Å². The summed E-state index contributed by atoms with van der Waals surface area (Å²) in [5, 5.41) is 3.63. The first-order valence-electron chi connectivity index (χ1n) is 7.27. The molecule has 110 valence electrons. The highest BCUT2D eigenvalue weighted by molar-refractivity contribution is 9.10. The third-order valence-electron chi connectivity index (χ3n) is 3.86. The number of aromatic nitrogens is 2. The van der Waals surface area contributed by atoms with E-state index in [0.717, 1.165) is 36.4 Å². The van der Waals surface area contributed by atoms with Crippen LogP contribution < -0.4 is 10.2 Å². The van der Waals surface area contributed by atoms with Gasteiger partial charge in [0.15, 0.2) is 0 Å². The molecule has 2 aromatic rings. The van der Waals surface area contributed by atoms with E-state index in [9.17, 15) is 0 Å². The zero-order valence-corrected chi connectivity index (χ0v) is 13.7. The molecule has 1 aliphatic heterocycles. The molecule has 0 saturated carbocycles. The maximum Gasteiger partial charge on any atom is 0.225 e. The Hall–Kier alpha value is -1.62. The second kappa shape index (κ2) is 6.43. The molecule has 0 amide bonds. The van der Waals surface area contributed by atoms with Gasteiger partial charge in [0, 0.05) is 41.7 Å². The molecule has 1 saturated heterocycles. The first kappa shape index (κ1) is 14.3. The molecular weight excluding hydrogens is 328 g/mol. The summed E-state index contributed by atoms with van der Waals surface area (Å²) in [6.45, 7) is 4.11. The largest absolute Gasteiger partial charge is 0.382 e. The number of aryl methyl sites for hydroxylation is 1. The average Bonchev–Trinajstić information content (AvgIpc) is 2.53. The number of halogens is 1. The van der Waals surface area contributed by atoms with Crippen LogP contribution >= 0.6 is 15.9 Å². The molecule has 5 heteroatoms. The van der Waals surface area contributed by atoms with Crippen LogP contribution in [0.15, 0.2) is 41.1 Å². The molecule has 1 fully saturated rings. The van der Waals surface area contributed by atoms with Crippen molar-refractivity contribution in [3.63, 3.8) is 0 Å². The molecule has 21 heavy (non-hydrogen) atoms. The van der Waals surface area contributed by atoms with Crippen LogP contribution in [-0.4, -0.2) is 29.1 Å². The van der Waals surface area contributed by atoms with Crippen molar-refractivity contribution in [2.24, 2.45) is 0 Å². The Morgan fingerprint density at radius 2 is 1.90 bits per heavy atom. The lowest BCUT2D eigenvalue weighted by atomic mass is 10.0. The van der Waals surface area contributed by atoms with Crippen LogP contribution in [0.2, 0.25) is 0 Å². The second-order valence-corrected chi connectivity index (χ2v) is 6.27. The number of piperidine rings is 1. The molecule has 1 N–H and O–H groups in total. The lowest BCUT2D eigenvalue weighted by Crippen LogP contribution is -2.39. The zero-order valence-electron chi connectivity index (χ0n) is 12.1. The van der Waals surface area contributed by atoms with E-state index in [1.165, 1.54) is 11.3 Å². The fourth-order valence-corrected chi connectivity index (χ4v) is 2.90. The highest BCUT2D eigenvalue weighted by atomic mass is 79.9. The number of nitrogens with zero attached hydrogens (tertiary/aromatic N) is 3. The summed E-state index contributed by atoms with van der Waals surface area (Å²) in [6.07, 6.45) is 5.81. The van der Waals surface area contributed by atoms with Crippen LogP contribution in [0.25, 0.3) is 0 Å². The third-order valence-corrected chi connectivity index (χ3v) is 4.75. The molecule has 1 aromatic carbocycles. The van der Waals surface area contributed by atoms with Crippen LogP contribution in [0, 0.1) is 6.92 Å². The quantitative estimate of drug-likeness (QED) is 0.921. The molecule has 0 unspecified atom stereocenters. The van der Waals surface area contributed by atoms with Crippen molar-refractivity contribution in [2.75, 3.05) is 23.3 Å². The number of benzene rings is 1. The van der Waals surface area contributed by atoms with Gasteiger partial charge in [-0.25, -0.2) is 9.97 Å². The molecular formula is C16H19BrN4. The van der Waals surface area contributed by atoms with Gasteiger partial charge in [-0.05, 0) is 49.6 Å². The predicted molar refractivity (Wildman–Crippen MR) is 89.8 cm³/mol. The van der Waals surface area contributed by atoms with Gasteiger partial charge < -0.3 is 10.2 Å². The Kier molecular flexibility index (Phi) is 4.39. The van der Waals surface area contributed by atoms with Gasteiger partial charge >= 0.3 is 0 Å². The van der Waals surface area contributed by atoms with E-state index < -0.39 is 0 Å². The second-order valence-electron chi connectivity index (χ2n) is 5.42. The molecule has 0 aliphatic carbocycles. The van der Waals surface area contributed by atoms with Crippen LogP contribution in [0.5, 0.6) is 0 Å². The summed E-state index contributed by atoms with van der Waals surface area (Å²) in [5.74, 6) is 0.843. The number of nitrogens with one attached hydrogen (secondary N) is 1. The summed E-state index contributed by atoms with van der Waals surface area (Å²) in [4.78, 5) is 10.9. The van der Waals surface area contributed by atoms with Crippen LogP contribution in [-0.2, 0) is 0 Å². The van der Waals surface area contributed by atoms with Gasteiger partial charge in [-0.1, -0.05) is 15.9 Å². The number of rotatable bonds is 3. The summed E-state index contributed by atoms with van der Waals surface area (Å²) in [5.41, 5.74) is 2.46. The molecule has 3 rings (SSSR count). The summed E-state index contributed by atoms with van der Waals surface area (Å²) in [6, 6.07) is 8.80. The maximum atomic E-state index is 4.32. The van der Waals surface area contributed by atoms with E-state index in [1.807, 2.05) is 6.07 Å². The van der Waals surface area contributed by atoms with E-state index in [1.54, 1.807) is 12.4 Å². The van der Waals surface area contributed by atoms with Crippen molar-refractivity contribution in [3.05, 3.63) is 46.7 Å². The smallest absolute Gasteiger partial charge is 0.225 e. The van der Waals surface area contributed by atoms with Gasteiger partial charge in [-0.3, -0.25) is 0 Å². The van der Waals surface area contributed by atoms with E-state index in [0.29, 0.717) is 6.04 Å². The van der Waals surface area contributed by atoms with Gasteiger partial charge in [0.1, 0.15) is 0 Å². The number of anilines is 2. The first-order valence-corrected chi connectivity index (χ1v) is 8.06. The van der Waals surface area contributed by atoms with E-state index in [-0.39, 0.29) is 0 Å². The van der Waals surface area contributed by atoms with Crippen molar-refractivity contribution < 1.29 is 0 Å². The first-order chi connectivity index (χ1) is 10.2. The normalized spacial score (nSPS) is 16.0. The van der Waals surface area contributed by atoms with Crippen LogP contribution in [0.4, 0.5) is 11.6 Å². The van der Waals surface area contributed by atoms with E-state index >= 15 is 0 Å². The minimum atomic E-state index is 0.519. The van der Waals surface area contributed by atoms with Gasteiger partial charge in [-0.2, -0.15) is 0 Å². The van der Waals surface area contributed by atoms with Gasteiger partial charge in [0.25, 0.3) is 0 Å². The molecule has 0 radical (unpaired) electrons. The lowest BCUT2D eigenvalue weighted by Gasteiger charge is -2.32. The molecule has 2 heterocycles. The summed E-state index contributed by atoms with van der Waals surface area (Å²) >= 11 is 3.54. The molecule has 0 atom stereocenters. The third kappa shape index (κ3) is 3.53. The fraction of sp³-hybridized carbons (Fsp3) is 0.375. The minimum absolute atomic E-state index is 0.519. The van der Waals surface area contributed by atoms with Crippen molar-refractivity contribution in [2.45, 2.75) is 25.8 Å². The number of hydrogen-bond donors (Lipinski definition) is 1. The van der Waals surface area contributed by atoms with E-state index in [4.69, 9.17) is 0 Å². The molecule has 1 aliphatic rings. The molecule has 0 spiro atoms. The van der Waals surface area contributed by atoms with Crippen molar-refractivity contribution >= 4 is 27.6 Å². The standard InChI is InChI=1S/C16H19BrN4/c1-12-11-14(3-4-15(12)17)20-13-5-9-21(10-6-13)16-18-7-2-8-19-16/h2-4,7-8,11,13,20H,5-6,9-10H2,1H3. The lowest BCUT2D eigenvalue weighted by molar-refractivity contribution is 0.520. The highest BCUT2D eigenvalue weighted by Gasteiger charge is 2.20. The summed E-state index contributed by atoms with van der Waals surface area (Å²) in [7, 11) is 0. The van der Waals surface area contributed by atoms with Crippen molar-refractivity contribution in [1.29, 1.82) is 0 Å². The fourth-order valence-electron chi connectivity index (χ4n) is 2.65. The van der Waals surface area contributed by atoms with Crippen molar-refractivity contribution in [3.8, 4) is 0 Å². The predicted octanol–water partition coefficient (Wildman–Crippen LogP) is 3.63. The Morgan fingerprint density at radius 3 is 2.57 bits per heavy atom. The average molecular weight is 347 g/mol. The molecule has 0 bridgehead atoms. The zero-order chi connectivity index (χ0) is 14.7. The monoisotopic (exact) mass is 346 g/mol. The molecule has 4 nitrogen and oxygen atoms in total. The van der Waals surface area contributed by atoms with Gasteiger partial charge in [0.05, 0.1) is 0 Å². The highest BCUT2D eigenvalue weighted by Crippen LogP contribution is 2.23. The topological polar surface area (TPSA) is 41.0 Å². The van der Waals surface area contributed by atoms with Gasteiger partial charge in [0.2, 0.25) is 5.95 Å². The summed E-state index contributed by atoms with van der Waals surface area (Å²) < 4.78 is 1.16. The Bertz CT molecular complexity index is 594.